The fourth-order valence-corrected chi connectivity index (χ4v) is 2.32. The standard InChI is InChI=1S/C14H11F4N3OS/c1-8-6-11(14(16,17)18)21-13(19-8)23-7-12(22)20-10-4-2-9(15)3-5-10/h2-6H,7H2,1H3,(H,20,22). The van der Waals surface area contributed by atoms with Crippen molar-refractivity contribution in [3.8, 4) is 0 Å². The molecule has 0 bridgehead atoms. The van der Waals surface area contributed by atoms with E-state index in [1.165, 1.54) is 31.2 Å². The highest BCUT2D eigenvalue weighted by Gasteiger charge is 2.33. The number of rotatable bonds is 4. The van der Waals surface area contributed by atoms with E-state index in [-0.39, 0.29) is 16.6 Å². The zero-order valence-electron chi connectivity index (χ0n) is 11.8. The number of halogens is 4. The molecule has 0 spiro atoms. The van der Waals surface area contributed by atoms with Crippen LogP contribution in [0.25, 0.3) is 0 Å². The Kier molecular flexibility index (Phi) is 5.19. The molecule has 0 fully saturated rings. The molecule has 23 heavy (non-hydrogen) atoms. The Morgan fingerprint density at radius 1 is 1.22 bits per heavy atom. The van der Waals surface area contributed by atoms with E-state index >= 15 is 0 Å². The Morgan fingerprint density at radius 3 is 2.48 bits per heavy atom. The molecule has 1 amide bonds. The largest absolute Gasteiger partial charge is 0.433 e. The molecule has 1 N–H and O–H groups in total. The number of nitrogens with one attached hydrogen (secondary N) is 1. The lowest BCUT2D eigenvalue weighted by Gasteiger charge is -2.08. The third-order valence-electron chi connectivity index (χ3n) is 2.58. The number of thioether (sulfide) groups is 1. The number of carbonyl (C=O) groups excluding carboxylic acids is 1. The molecule has 0 aliphatic carbocycles. The summed E-state index contributed by atoms with van der Waals surface area (Å²) in [6.07, 6.45) is -4.57. The van der Waals surface area contributed by atoms with Crippen molar-refractivity contribution in [2.45, 2.75) is 18.3 Å². The van der Waals surface area contributed by atoms with E-state index in [1.54, 1.807) is 0 Å². The van der Waals surface area contributed by atoms with Gasteiger partial charge in [0, 0.05) is 11.4 Å². The first-order valence-electron chi connectivity index (χ1n) is 6.35. The third-order valence-corrected chi connectivity index (χ3v) is 3.43. The SMILES string of the molecule is Cc1cc(C(F)(F)F)nc(SCC(=O)Nc2ccc(F)cc2)n1. The predicted octanol–water partition coefficient (Wildman–Crippen LogP) is 3.67. The number of nitrogens with zero attached hydrogens (tertiary/aromatic N) is 2. The van der Waals surface area contributed by atoms with Crippen molar-refractivity contribution in [2.75, 3.05) is 11.1 Å². The molecular weight excluding hydrogens is 334 g/mol. The second-order valence-electron chi connectivity index (χ2n) is 4.52. The normalized spacial score (nSPS) is 11.3. The first-order valence-corrected chi connectivity index (χ1v) is 7.34. The van der Waals surface area contributed by atoms with Gasteiger partial charge in [0.2, 0.25) is 5.91 Å². The summed E-state index contributed by atoms with van der Waals surface area (Å²) in [6.45, 7) is 1.42. The molecule has 122 valence electrons. The molecular formula is C14H11F4N3OS. The van der Waals surface area contributed by atoms with Crippen molar-refractivity contribution >= 4 is 23.4 Å². The molecule has 1 aromatic carbocycles. The molecule has 0 radical (unpaired) electrons. The smallest absolute Gasteiger partial charge is 0.325 e. The maximum atomic E-state index is 12.7. The molecule has 0 aliphatic rings. The lowest BCUT2D eigenvalue weighted by atomic mass is 10.3. The summed E-state index contributed by atoms with van der Waals surface area (Å²) < 4.78 is 50.7. The third kappa shape index (κ3) is 5.20. The van der Waals surface area contributed by atoms with Crippen molar-refractivity contribution < 1.29 is 22.4 Å². The second-order valence-corrected chi connectivity index (χ2v) is 5.46. The van der Waals surface area contributed by atoms with Crippen LogP contribution in [0.3, 0.4) is 0 Å². The van der Waals surface area contributed by atoms with Crippen LogP contribution in [0.15, 0.2) is 35.5 Å². The van der Waals surface area contributed by atoms with Gasteiger partial charge in [0.05, 0.1) is 5.75 Å². The number of alkyl halides is 3. The number of hydrogen-bond acceptors (Lipinski definition) is 4. The van der Waals surface area contributed by atoms with Crippen molar-refractivity contribution in [1.29, 1.82) is 0 Å². The lowest BCUT2D eigenvalue weighted by Crippen LogP contribution is -2.15. The number of aromatic nitrogens is 2. The average Bonchev–Trinajstić information content (AvgIpc) is 2.46. The number of amides is 1. The average molecular weight is 345 g/mol. The van der Waals surface area contributed by atoms with E-state index in [2.05, 4.69) is 15.3 Å². The van der Waals surface area contributed by atoms with E-state index in [9.17, 15) is 22.4 Å². The van der Waals surface area contributed by atoms with Gasteiger partial charge in [-0.3, -0.25) is 4.79 Å². The minimum Gasteiger partial charge on any atom is -0.325 e. The monoisotopic (exact) mass is 345 g/mol. The van der Waals surface area contributed by atoms with Crippen molar-refractivity contribution in [3.63, 3.8) is 0 Å². The first-order chi connectivity index (χ1) is 10.7. The summed E-state index contributed by atoms with van der Waals surface area (Å²) in [5.74, 6) is -1.07. The van der Waals surface area contributed by atoms with Gasteiger partial charge in [-0.05, 0) is 37.3 Å². The quantitative estimate of drug-likeness (QED) is 0.522. The van der Waals surface area contributed by atoms with Crippen LogP contribution < -0.4 is 5.32 Å². The Balaban J connectivity index is 1.99. The maximum absolute atomic E-state index is 12.7. The van der Waals surface area contributed by atoms with Gasteiger partial charge in [0.1, 0.15) is 11.5 Å². The molecule has 2 aromatic rings. The van der Waals surface area contributed by atoms with Crippen LogP contribution >= 0.6 is 11.8 Å². The predicted molar refractivity (Wildman–Crippen MR) is 77.5 cm³/mol. The molecule has 0 atom stereocenters. The lowest BCUT2D eigenvalue weighted by molar-refractivity contribution is -0.141. The van der Waals surface area contributed by atoms with Gasteiger partial charge < -0.3 is 5.32 Å². The molecule has 1 heterocycles. The van der Waals surface area contributed by atoms with Gasteiger partial charge in [0.25, 0.3) is 0 Å². The summed E-state index contributed by atoms with van der Waals surface area (Å²) in [5, 5.41) is 2.36. The summed E-state index contributed by atoms with van der Waals surface area (Å²) in [4.78, 5) is 19.0. The number of carbonyl (C=O) groups is 1. The molecule has 0 unspecified atom stereocenters. The van der Waals surface area contributed by atoms with Gasteiger partial charge in [-0.15, -0.1) is 0 Å². The molecule has 4 nitrogen and oxygen atoms in total. The second kappa shape index (κ2) is 6.95. The van der Waals surface area contributed by atoms with Crippen molar-refractivity contribution in [2.24, 2.45) is 0 Å². The molecule has 2 rings (SSSR count). The molecule has 9 heteroatoms. The molecule has 1 aromatic heterocycles. The van der Waals surface area contributed by atoms with Crippen LogP contribution in [0.1, 0.15) is 11.4 Å². The topological polar surface area (TPSA) is 54.9 Å². The van der Waals surface area contributed by atoms with Gasteiger partial charge in [-0.2, -0.15) is 13.2 Å². The fourth-order valence-electron chi connectivity index (χ4n) is 1.61. The Hall–Kier alpha value is -2.16. The highest BCUT2D eigenvalue weighted by atomic mass is 32.2. The Labute approximate surface area is 133 Å². The maximum Gasteiger partial charge on any atom is 0.433 e. The highest BCUT2D eigenvalue weighted by Crippen LogP contribution is 2.29. The van der Waals surface area contributed by atoms with Crippen molar-refractivity contribution in [3.05, 3.63) is 47.5 Å². The Morgan fingerprint density at radius 2 is 1.87 bits per heavy atom. The van der Waals surface area contributed by atoms with Crippen LogP contribution in [0.5, 0.6) is 0 Å². The number of aryl methyl sites for hydroxylation is 1. The summed E-state index contributed by atoms with van der Waals surface area (Å²) in [7, 11) is 0. The van der Waals surface area contributed by atoms with Crippen LogP contribution in [0.4, 0.5) is 23.2 Å². The zero-order chi connectivity index (χ0) is 17.0. The van der Waals surface area contributed by atoms with E-state index in [4.69, 9.17) is 0 Å². The van der Waals surface area contributed by atoms with E-state index in [0.29, 0.717) is 5.69 Å². The number of hydrogen-bond donors (Lipinski definition) is 1. The minimum atomic E-state index is -4.57. The summed E-state index contributed by atoms with van der Waals surface area (Å²) in [5.41, 5.74) is -0.502. The zero-order valence-corrected chi connectivity index (χ0v) is 12.6. The van der Waals surface area contributed by atoms with Crippen LogP contribution in [-0.4, -0.2) is 21.6 Å². The van der Waals surface area contributed by atoms with Gasteiger partial charge in [0.15, 0.2) is 5.16 Å². The van der Waals surface area contributed by atoms with Crippen LogP contribution in [0, 0.1) is 12.7 Å². The van der Waals surface area contributed by atoms with Gasteiger partial charge in [-0.1, -0.05) is 11.8 Å². The van der Waals surface area contributed by atoms with E-state index < -0.39 is 23.6 Å². The van der Waals surface area contributed by atoms with E-state index in [0.717, 1.165) is 17.8 Å². The van der Waals surface area contributed by atoms with E-state index in [1.807, 2.05) is 0 Å². The minimum absolute atomic E-state index is 0.133. The Bertz CT molecular complexity index is 704. The van der Waals surface area contributed by atoms with Gasteiger partial charge in [-0.25, -0.2) is 14.4 Å². The molecule has 0 saturated heterocycles. The van der Waals surface area contributed by atoms with Crippen LogP contribution in [-0.2, 0) is 11.0 Å². The highest BCUT2D eigenvalue weighted by molar-refractivity contribution is 7.99. The van der Waals surface area contributed by atoms with Crippen molar-refractivity contribution in [1.82, 2.24) is 9.97 Å². The fraction of sp³-hybridized carbons (Fsp3) is 0.214. The summed E-state index contributed by atoms with van der Waals surface area (Å²) >= 11 is 0.787. The molecule has 0 aliphatic heterocycles. The van der Waals surface area contributed by atoms with Crippen LogP contribution in [0.2, 0.25) is 0 Å². The molecule has 0 saturated carbocycles. The summed E-state index contributed by atoms with van der Waals surface area (Å²) in [6, 6.07) is 5.96. The number of anilines is 1. The first kappa shape index (κ1) is 17.2. The number of benzene rings is 1. The van der Waals surface area contributed by atoms with Gasteiger partial charge >= 0.3 is 6.18 Å².